The van der Waals surface area contributed by atoms with Crippen LogP contribution in [0, 0.1) is 0 Å². The number of carbonyl (C=O) groups excluding carboxylic acids is 1. The number of methoxy groups -OCH3 is 1. The van der Waals surface area contributed by atoms with E-state index in [1.54, 1.807) is 0 Å². The standard InChI is InChI=1S/C10H19NO2S/c1-11-8-3-4-9(7-8)14-6-5-10(12)13-2/h8-9,11H,3-7H2,1-2H3. The first kappa shape index (κ1) is 11.9. The van der Waals surface area contributed by atoms with Gasteiger partial charge in [-0.15, -0.1) is 0 Å². The van der Waals surface area contributed by atoms with Crippen LogP contribution >= 0.6 is 11.8 Å². The molecular weight excluding hydrogens is 198 g/mol. The van der Waals surface area contributed by atoms with Gasteiger partial charge in [-0.05, 0) is 26.3 Å². The first-order valence-electron chi connectivity index (χ1n) is 5.12. The minimum Gasteiger partial charge on any atom is -0.469 e. The number of rotatable bonds is 5. The summed E-state index contributed by atoms with van der Waals surface area (Å²) in [5.74, 6) is 0.800. The third-order valence-electron chi connectivity index (χ3n) is 2.68. The molecule has 3 nitrogen and oxygen atoms in total. The molecule has 14 heavy (non-hydrogen) atoms. The van der Waals surface area contributed by atoms with Gasteiger partial charge in [0.25, 0.3) is 0 Å². The molecule has 1 saturated carbocycles. The zero-order valence-electron chi connectivity index (χ0n) is 8.91. The molecule has 1 aliphatic rings. The molecule has 0 spiro atoms. The second-order valence-corrected chi connectivity index (χ2v) is 5.03. The molecule has 2 unspecified atom stereocenters. The third-order valence-corrected chi connectivity index (χ3v) is 4.02. The van der Waals surface area contributed by atoms with Crippen molar-refractivity contribution in [2.24, 2.45) is 0 Å². The number of esters is 1. The van der Waals surface area contributed by atoms with Crippen molar-refractivity contribution in [2.45, 2.75) is 37.0 Å². The summed E-state index contributed by atoms with van der Waals surface area (Å²) in [5, 5.41) is 4.03. The number of thioether (sulfide) groups is 1. The Morgan fingerprint density at radius 3 is 2.93 bits per heavy atom. The monoisotopic (exact) mass is 217 g/mol. The minimum absolute atomic E-state index is 0.0966. The quantitative estimate of drug-likeness (QED) is 0.707. The fraction of sp³-hybridized carbons (Fsp3) is 0.900. The van der Waals surface area contributed by atoms with Crippen molar-refractivity contribution in [2.75, 3.05) is 19.9 Å². The second-order valence-electron chi connectivity index (χ2n) is 3.62. The summed E-state index contributed by atoms with van der Waals surface area (Å²) >= 11 is 1.91. The van der Waals surface area contributed by atoms with E-state index in [1.807, 2.05) is 18.8 Å². The molecule has 82 valence electrons. The van der Waals surface area contributed by atoms with Crippen molar-refractivity contribution >= 4 is 17.7 Å². The average Bonchev–Trinajstić information content (AvgIpc) is 2.65. The van der Waals surface area contributed by atoms with Crippen molar-refractivity contribution in [3.8, 4) is 0 Å². The van der Waals surface area contributed by atoms with Crippen LogP contribution in [0.5, 0.6) is 0 Å². The molecule has 1 aliphatic carbocycles. The van der Waals surface area contributed by atoms with E-state index in [1.165, 1.54) is 26.4 Å². The predicted octanol–water partition coefficient (Wildman–Crippen LogP) is 1.42. The number of hydrogen-bond donors (Lipinski definition) is 1. The molecule has 0 aliphatic heterocycles. The van der Waals surface area contributed by atoms with Gasteiger partial charge in [0.15, 0.2) is 0 Å². The molecule has 1 rings (SSSR count). The maximum Gasteiger partial charge on any atom is 0.306 e. The van der Waals surface area contributed by atoms with Crippen LogP contribution in [0.15, 0.2) is 0 Å². The first-order valence-corrected chi connectivity index (χ1v) is 6.16. The van der Waals surface area contributed by atoms with E-state index >= 15 is 0 Å². The Morgan fingerprint density at radius 2 is 2.36 bits per heavy atom. The van der Waals surface area contributed by atoms with Gasteiger partial charge in [-0.2, -0.15) is 11.8 Å². The largest absolute Gasteiger partial charge is 0.469 e. The normalized spacial score (nSPS) is 26.4. The number of carbonyl (C=O) groups is 1. The molecular formula is C10H19NO2S. The third kappa shape index (κ3) is 3.88. The Morgan fingerprint density at radius 1 is 1.57 bits per heavy atom. The summed E-state index contributed by atoms with van der Waals surface area (Å²) in [5.41, 5.74) is 0. The van der Waals surface area contributed by atoms with Gasteiger partial charge in [-0.1, -0.05) is 0 Å². The lowest BCUT2D eigenvalue weighted by Crippen LogP contribution is -2.21. The van der Waals surface area contributed by atoms with E-state index in [2.05, 4.69) is 10.1 Å². The first-order chi connectivity index (χ1) is 6.76. The highest BCUT2D eigenvalue weighted by molar-refractivity contribution is 7.99. The maximum absolute atomic E-state index is 10.9. The molecule has 4 heteroatoms. The van der Waals surface area contributed by atoms with Gasteiger partial charge in [0.1, 0.15) is 0 Å². The number of nitrogens with one attached hydrogen (secondary N) is 1. The van der Waals surface area contributed by atoms with Crippen LogP contribution in [0.1, 0.15) is 25.7 Å². The van der Waals surface area contributed by atoms with Gasteiger partial charge >= 0.3 is 5.97 Å². The van der Waals surface area contributed by atoms with E-state index in [-0.39, 0.29) is 5.97 Å². The Bertz CT molecular complexity index is 187. The van der Waals surface area contributed by atoms with Crippen LogP contribution in [0.2, 0.25) is 0 Å². The molecule has 0 bridgehead atoms. The van der Waals surface area contributed by atoms with Gasteiger partial charge in [0.05, 0.1) is 13.5 Å². The molecule has 0 aromatic carbocycles. The molecule has 0 radical (unpaired) electrons. The molecule has 1 fully saturated rings. The Kier molecular flexibility index (Phi) is 5.33. The van der Waals surface area contributed by atoms with Crippen LogP contribution in [0.4, 0.5) is 0 Å². The predicted molar refractivity (Wildman–Crippen MR) is 59.6 cm³/mol. The lowest BCUT2D eigenvalue weighted by molar-refractivity contribution is -0.140. The van der Waals surface area contributed by atoms with Gasteiger partial charge < -0.3 is 10.1 Å². The van der Waals surface area contributed by atoms with Crippen LogP contribution in [0.3, 0.4) is 0 Å². The topological polar surface area (TPSA) is 38.3 Å². The average molecular weight is 217 g/mol. The van der Waals surface area contributed by atoms with Crippen molar-refractivity contribution in [1.82, 2.24) is 5.32 Å². The summed E-state index contributed by atoms with van der Waals surface area (Å²) in [6, 6.07) is 0.686. The lowest BCUT2D eigenvalue weighted by Gasteiger charge is -2.09. The van der Waals surface area contributed by atoms with Gasteiger partial charge in [-0.3, -0.25) is 4.79 Å². The van der Waals surface area contributed by atoms with E-state index in [4.69, 9.17) is 0 Å². The summed E-state index contributed by atoms with van der Waals surface area (Å²) in [4.78, 5) is 10.9. The number of hydrogen-bond acceptors (Lipinski definition) is 4. The van der Waals surface area contributed by atoms with Crippen molar-refractivity contribution in [1.29, 1.82) is 0 Å². The van der Waals surface area contributed by atoms with Crippen molar-refractivity contribution < 1.29 is 9.53 Å². The molecule has 0 aromatic rings. The van der Waals surface area contributed by atoms with Gasteiger partial charge in [-0.25, -0.2) is 0 Å². The Hall–Kier alpha value is -0.220. The zero-order chi connectivity index (χ0) is 10.4. The minimum atomic E-state index is -0.0966. The summed E-state index contributed by atoms with van der Waals surface area (Å²) in [6.07, 6.45) is 4.33. The van der Waals surface area contributed by atoms with Crippen molar-refractivity contribution in [3.63, 3.8) is 0 Å². The Labute approximate surface area is 90.0 Å². The van der Waals surface area contributed by atoms with E-state index in [0.29, 0.717) is 12.5 Å². The summed E-state index contributed by atoms with van der Waals surface area (Å²) < 4.78 is 4.59. The summed E-state index contributed by atoms with van der Waals surface area (Å²) in [7, 11) is 3.46. The molecule has 2 atom stereocenters. The molecule has 0 aromatic heterocycles. The van der Waals surface area contributed by atoms with E-state index in [0.717, 1.165) is 11.0 Å². The van der Waals surface area contributed by atoms with Crippen LogP contribution in [-0.4, -0.2) is 37.2 Å². The van der Waals surface area contributed by atoms with Crippen LogP contribution < -0.4 is 5.32 Å². The van der Waals surface area contributed by atoms with Gasteiger partial charge in [0.2, 0.25) is 0 Å². The highest BCUT2D eigenvalue weighted by Crippen LogP contribution is 2.30. The zero-order valence-corrected chi connectivity index (χ0v) is 9.73. The van der Waals surface area contributed by atoms with Crippen molar-refractivity contribution in [3.05, 3.63) is 0 Å². The molecule has 0 saturated heterocycles. The van der Waals surface area contributed by atoms with Crippen LogP contribution in [-0.2, 0) is 9.53 Å². The lowest BCUT2D eigenvalue weighted by atomic mass is 10.3. The smallest absolute Gasteiger partial charge is 0.306 e. The fourth-order valence-electron chi connectivity index (χ4n) is 1.76. The van der Waals surface area contributed by atoms with Crippen LogP contribution in [0.25, 0.3) is 0 Å². The molecule has 0 heterocycles. The molecule has 1 N–H and O–H groups in total. The fourth-order valence-corrected chi connectivity index (χ4v) is 3.05. The highest BCUT2D eigenvalue weighted by atomic mass is 32.2. The Balaban J connectivity index is 2.05. The van der Waals surface area contributed by atoms with E-state index in [9.17, 15) is 4.79 Å². The molecule has 0 amide bonds. The summed E-state index contributed by atoms with van der Waals surface area (Å²) in [6.45, 7) is 0. The SMILES string of the molecule is CNC1CCC(SCCC(=O)OC)C1. The van der Waals surface area contributed by atoms with E-state index < -0.39 is 0 Å². The number of ether oxygens (including phenoxy) is 1. The maximum atomic E-state index is 10.9. The highest BCUT2D eigenvalue weighted by Gasteiger charge is 2.23. The van der Waals surface area contributed by atoms with Gasteiger partial charge in [0, 0.05) is 17.0 Å². The second kappa shape index (κ2) is 6.30.